The lowest BCUT2D eigenvalue weighted by Gasteiger charge is -2.20. The third kappa shape index (κ3) is 3.57. The van der Waals surface area contributed by atoms with Crippen molar-refractivity contribution in [2.24, 2.45) is 7.05 Å². The zero-order valence-electron chi connectivity index (χ0n) is 11.0. The number of nitriles is 1. The monoisotopic (exact) mass is 250 g/mol. The topological polar surface area (TPSA) is 71.2 Å². The van der Waals surface area contributed by atoms with Gasteiger partial charge in [-0.15, -0.1) is 0 Å². The van der Waals surface area contributed by atoms with E-state index in [1.165, 1.54) is 0 Å². The molecule has 0 N–H and O–H groups in total. The van der Waals surface area contributed by atoms with Gasteiger partial charge in [-0.05, 0) is 13.0 Å². The lowest BCUT2D eigenvalue weighted by molar-refractivity contribution is 0.0689. The molecular weight excluding hydrogens is 232 g/mol. The Hall–Kier alpha value is -1.87. The highest BCUT2D eigenvalue weighted by Crippen LogP contribution is 2.07. The molecule has 1 rings (SSSR count). The van der Waals surface area contributed by atoms with Crippen LogP contribution in [0, 0.1) is 18.3 Å². The minimum absolute atomic E-state index is 0.120. The van der Waals surface area contributed by atoms with Crippen LogP contribution in [0.3, 0.4) is 0 Å². The molecule has 0 saturated heterocycles. The Morgan fingerprint density at radius 3 is 2.83 bits per heavy atom. The lowest BCUT2D eigenvalue weighted by atomic mass is 10.3. The van der Waals surface area contributed by atoms with Crippen molar-refractivity contribution < 1.29 is 9.53 Å². The van der Waals surface area contributed by atoms with Gasteiger partial charge < -0.3 is 9.64 Å². The lowest BCUT2D eigenvalue weighted by Crippen LogP contribution is -2.35. The molecule has 1 amide bonds. The number of methoxy groups -OCH3 is 1. The first kappa shape index (κ1) is 14.2. The quantitative estimate of drug-likeness (QED) is 0.746. The number of nitrogens with zero attached hydrogens (tertiary/aromatic N) is 4. The molecule has 0 spiro atoms. The van der Waals surface area contributed by atoms with Crippen LogP contribution in [0.5, 0.6) is 0 Å². The van der Waals surface area contributed by atoms with Gasteiger partial charge >= 0.3 is 0 Å². The average Bonchev–Trinajstić information content (AvgIpc) is 2.68. The maximum absolute atomic E-state index is 12.3. The minimum atomic E-state index is -0.120. The van der Waals surface area contributed by atoms with E-state index >= 15 is 0 Å². The van der Waals surface area contributed by atoms with Crippen LogP contribution in [-0.4, -0.2) is 47.4 Å². The van der Waals surface area contributed by atoms with E-state index < -0.39 is 0 Å². The van der Waals surface area contributed by atoms with Gasteiger partial charge in [0, 0.05) is 27.2 Å². The van der Waals surface area contributed by atoms with E-state index in [0.717, 1.165) is 5.69 Å². The fraction of sp³-hybridized carbons (Fsp3) is 0.583. The summed E-state index contributed by atoms with van der Waals surface area (Å²) in [5.41, 5.74) is 1.33. The standard InChI is InChI=1S/C12H18N4O2/c1-10-9-11(15(2)14-10)12(17)16(6-4-5-13)7-8-18-3/h9H,4,6-8H2,1-3H3. The molecule has 0 aliphatic carbocycles. The highest BCUT2D eigenvalue weighted by molar-refractivity contribution is 5.92. The van der Waals surface area contributed by atoms with E-state index in [9.17, 15) is 4.79 Å². The highest BCUT2D eigenvalue weighted by Gasteiger charge is 2.19. The molecule has 98 valence electrons. The molecular formula is C12H18N4O2. The van der Waals surface area contributed by atoms with Crippen molar-refractivity contribution >= 4 is 5.91 Å². The maximum atomic E-state index is 12.3. The van der Waals surface area contributed by atoms with Gasteiger partial charge in [0.05, 0.1) is 24.8 Å². The molecule has 0 aromatic carbocycles. The van der Waals surface area contributed by atoms with Crippen molar-refractivity contribution in [2.75, 3.05) is 26.8 Å². The van der Waals surface area contributed by atoms with Gasteiger partial charge in [0.15, 0.2) is 0 Å². The van der Waals surface area contributed by atoms with E-state index in [4.69, 9.17) is 10.00 Å². The SMILES string of the molecule is COCCN(CCC#N)C(=O)c1cc(C)nn1C. The Morgan fingerprint density at radius 1 is 1.61 bits per heavy atom. The number of rotatable bonds is 6. The highest BCUT2D eigenvalue weighted by atomic mass is 16.5. The molecule has 0 fully saturated rings. The number of carbonyl (C=O) groups is 1. The Labute approximate surface area is 107 Å². The first-order valence-corrected chi connectivity index (χ1v) is 5.76. The molecule has 1 heterocycles. The fourth-order valence-electron chi connectivity index (χ4n) is 1.67. The second kappa shape index (κ2) is 6.77. The van der Waals surface area contributed by atoms with Crippen LogP contribution in [0.4, 0.5) is 0 Å². The molecule has 0 aliphatic heterocycles. The third-order valence-electron chi connectivity index (χ3n) is 2.57. The van der Waals surface area contributed by atoms with E-state index in [1.807, 2.05) is 13.0 Å². The molecule has 0 saturated carbocycles. The zero-order chi connectivity index (χ0) is 13.5. The van der Waals surface area contributed by atoms with Crippen LogP contribution in [0.2, 0.25) is 0 Å². The predicted octanol–water partition coefficient (Wildman–Crippen LogP) is 0.731. The summed E-state index contributed by atoms with van der Waals surface area (Å²) in [6, 6.07) is 3.79. The van der Waals surface area contributed by atoms with E-state index in [-0.39, 0.29) is 5.91 Å². The van der Waals surface area contributed by atoms with Gasteiger partial charge in [-0.25, -0.2) is 0 Å². The number of carbonyl (C=O) groups excluding carboxylic acids is 1. The van der Waals surface area contributed by atoms with Crippen molar-refractivity contribution in [1.29, 1.82) is 5.26 Å². The predicted molar refractivity (Wildman–Crippen MR) is 66.0 cm³/mol. The fourth-order valence-corrected chi connectivity index (χ4v) is 1.67. The molecule has 0 bridgehead atoms. The number of amides is 1. The molecule has 6 heteroatoms. The number of aryl methyl sites for hydroxylation is 2. The summed E-state index contributed by atoms with van der Waals surface area (Å²) in [5, 5.41) is 12.8. The smallest absolute Gasteiger partial charge is 0.272 e. The molecule has 1 aromatic heterocycles. The van der Waals surface area contributed by atoms with Crippen LogP contribution in [0.15, 0.2) is 6.07 Å². The summed E-state index contributed by atoms with van der Waals surface area (Å²) in [7, 11) is 3.32. The van der Waals surface area contributed by atoms with E-state index in [0.29, 0.717) is 31.8 Å². The van der Waals surface area contributed by atoms with Crippen LogP contribution in [0.25, 0.3) is 0 Å². The van der Waals surface area contributed by atoms with Gasteiger partial charge in [-0.3, -0.25) is 9.48 Å². The maximum Gasteiger partial charge on any atom is 0.272 e. The Bertz CT molecular complexity index is 447. The van der Waals surface area contributed by atoms with Crippen molar-refractivity contribution in [1.82, 2.24) is 14.7 Å². The molecule has 0 radical (unpaired) electrons. The van der Waals surface area contributed by atoms with Crippen LogP contribution < -0.4 is 0 Å². The van der Waals surface area contributed by atoms with E-state index in [1.54, 1.807) is 29.8 Å². The number of hydrogen-bond donors (Lipinski definition) is 0. The molecule has 6 nitrogen and oxygen atoms in total. The molecule has 0 atom stereocenters. The third-order valence-corrected chi connectivity index (χ3v) is 2.57. The number of aromatic nitrogens is 2. The summed E-state index contributed by atoms with van der Waals surface area (Å²) < 4.78 is 6.53. The van der Waals surface area contributed by atoms with Gasteiger partial charge in [-0.1, -0.05) is 0 Å². The second-order valence-electron chi connectivity index (χ2n) is 3.99. The first-order chi connectivity index (χ1) is 8.60. The molecule has 18 heavy (non-hydrogen) atoms. The van der Waals surface area contributed by atoms with Crippen molar-refractivity contribution in [3.05, 3.63) is 17.5 Å². The van der Waals surface area contributed by atoms with Crippen molar-refractivity contribution in [3.8, 4) is 6.07 Å². The largest absolute Gasteiger partial charge is 0.383 e. The summed E-state index contributed by atoms with van der Waals surface area (Å²) in [6.45, 7) is 3.17. The van der Waals surface area contributed by atoms with Crippen molar-refractivity contribution in [2.45, 2.75) is 13.3 Å². The van der Waals surface area contributed by atoms with Gasteiger partial charge in [0.25, 0.3) is 5.91 Å². The summed E-state index contributed by atoms with van der Waals surface area (Å²) in [6.07, 6.45) is 0.312. The van der Waals surface area contributed by atoms with E-state index in [2.05, 4.69) is 5.10 Å². The van der Waals surface area contributed by atoms with Crippen molar-refractivity contribution in [3.63, 3.8) is 0 Å². The second-order valence-corrected chi connectivity index (χ2v) is 3.99. The van der Waals surface area contributed by atoms with Gasteiger partial charge in [0.2, 0.25) is 0 Å². The molecule has 1 aromatic rings. The first-order valence-electron chi connectivity index (χ1n) is 5.76. The minimum Gasteiger partial charge on any atom is -0.383 e. The summed E-state index contributed by atoms with van der Waals surface area (Å²) >= 11 is 0. The molecule has 0 unspecified atom stereocenters. The van der Waals surface area contributed by atoms with Crippen LogP contribution >= 0.6 is 0 Å². The van der Waals surface area contributed by atoms with Gasteiger partial charge in [-0.2, -0.15) is 10.4 Å². The number of hydrogen-bond acceptors (Lipinski definition) is 4. The van der Waals surface area contributed by atoms with Gasteiger partial charge in [0.1, 0.15) is 5.69 Å². The average molecular weight is 250 g/mol. The Kier molecular flexibility index (Phi) is 5.33. The number of ether oxygens (including phenoxy) is 1. The zero-order valence-corrected chi connectivity index (χ0v) is 11.0. The van der Waals surface area contributed by atoms with Crippen LogP contribution in [-0.2, 0) is 11.8 Å². The summed E-state index contributed by atoms with van der Waals surface area (Å²) in [5.74, 6) is -0.120. The Balaban J connectivity index is 2.81. The van der Waals surface area contributed by atoms with Crippen LogP contribution in [0.1, 0.15) is 22.6 Å². The molecule has 0 aliphatic rings. The normalized spacial score (nSPS) is 10.1. The Morgan fingerprint density at radius 2 is 2.33 bits per heavy atom. The summed E-state index contributed by atoms with van der Waals surface area (Å²) in [4.78, 5) is 13.9.